The Morgan fingerprint density at radius 2 is 1.61 bits per heavy atom. The Labute approximate surface area is 201 Å². The molecule has 3 aromatic rings. The Kier molecular flexibility index (Phi) is 8.67. The van der Waals surface area contributed by atoms with Crippen LogP contribution in [-0.2, 0) is 12.8 Å². The zero-order valence-corrected chi connectivity index (χ0v) is 20.6. The van der Waals surface area contributed by atoms with Gasteiger partial charge in [0.25, 0.3) is 0 Å². The van der Waals surface area contributed by atoms with Gasteiger partial charge in [-0.05, 0) is 84.5 Å². The van der Waals surface area contributed by atoms with E-state index in [9.17, 15) is 10.1 Å². The van der Waals surface area contributed by atoms with Crippen LogP contribution in [0.3, 0.4) is 0 Å². The highest BCUT2D eigenvalue weighted by atomic mass is 32.2. The molecule has 0 spiro atoms. The largest absolute Gasteiger partial charge is 0.265 e. The van der Waals surface area contributed by atoms with Crippen molar-refractivity contribution in [3.05, 3.63) is 122 Å². The fourth-order valence-corrected chi connectivity index (χ4v) is 4.71. The summed E-state index contributed by atoms with van der Waals surface area (Å²) in [4.78, 5) is 11.7. The molecule has 0 amide bonds. The summed E-state index contributed by atoms with van der Waals surface area (Å²) in [5.41, 5.74) is 9.62. The van der Waals surface area contributed by atoms with Crippen molar-refractivity contribution in [1.82, 2.24) is 0 Å². The number of benzene rings is 3. The maximum Gasteiger partial charge on any atom is 0.207 e. The molecule has 0 fully saturated rings. The molecule has 170 valence electrons. The van der Waals surface area contributed by atoms with Crippen LogP contribution in [0.25, 0.3) is 16.0 Å². The number of thioether (sulfide) groups is 1. The van der Waals surface area contributed by atoms with Gasteiger partial charge in [-0.15, -0.1) is 0 Å². The molecule has 3 aromatic carbocycles. The predicted octanol–water partition coefficient (Wildman–Crippen LogP) is 8.03. The second-order valence-electron chi connectivity index (χ2n) is 8.37. The van der Waals surface area contributed by atoms with Crippen molar-refractivity contribution in [3.8, 4) is 11.1 Å². The van der Waals surface area contributed by atoms with Gasteiger partial charge in [-0.1, -0.05) is 84.1 Å². The lowest BCUT2D eigenvalue weighted by molar-refractivity contribution is -0.479. The molecule has 3 rings (SSSR count). The highest BCUT2D eigenvalue weighted by molar-refractivity contribution is 8.10. The minimum Gasteiger partial charge on any atom is -0.265 e. The van der Waals surface area contributed by atoms with Gasteiger partial charge in [0.05, 0.1) is 0 Å². The van der Waals surface area contributed by atoms with Crippen LogP contribution in [0.1, 0.15) is 41.7 Å². The van der Waals surface area contributed by atoms with Gasteiger partial charge < -0.3 is 0 Å². The summed E-state index contributed by atoms with van der Waals surface area (Å²) >= 11 is 1.75. The van der Waals surface area contributed by atoms with Crippen molar-refractivity contribution in [2.24, 2.45) is 0 Å². The van der Waals surface area contributed by atoms with Crippen LogP contribution in [0.5, 0.6) is 0 Å². The SMILES string of the molecule is C/C=C(\S/C=C(\C)Cc1cc(C)c(CC[N+](=O)[O-])cc1C)c1cccc(-c2ccccc2)c1. The Balaban J connectivity index is 1.71. The van der Waals surface area contributed by atoms with E-state index in [-0.39, 0.29) is 11.5 Å². The maximum absolute atomic E-state index is 10.7. The molecule has 0 saturated heterocycles. The average Bonchev–Trinajstić information content (AvgIpc) is 2.81. The van der Waals surface area contributed by atoms with Crippen molar-refractivity contribution in [2.45, 2.75) is 40.5 Å². The molecule has 0 aliphatic carbocycles. The summed E-state index contributed by atoms with van der Waals surface area (Å²) in [6.07, 6.45) is 3.52. The summed E-state index contributed by atoms with van der Waals surface area (Å²) in [6, 6.07) is 23.4. The quantitative estimate of drug-likeness (QED) is 0.241. The summed E-state index contributed by atoms with van der Waals surface area (Å²) < 4.78 is 0. The number of hydrogen-bond donors (Lipinski definition) is 0. The molecular formula is C29H31NO2S. The number of hydrogen-bond acceptors (Lipinski definition) is 3. The first-order valence-corrected chi connectivity index (χ1v) is 12.1. The highest BCUT2D eigenvalue weighted by Gasteiger charge is 2.09. The molecule has 3 nitrogen and oxygen atoms in total. The van der Waals surface area contributed by atoms with Crippen LogP contribution in [0.15, 0.2) is 83.8 Å². The molecular weight excluding hydrogens is 426 g/mol. The topological polar surface area (TPSA) is 43.1 Å². The normalized spacial score (nSPS) is 12.1. The third-order valence-corrected chi connectivity index (χ3v) is 6.98. The van der Waals surface area contributed by atoms with Crippen molar-refractivity contribution in [3.63, 3.8) is 0 Å². The fraction of sp³-hybridized carbons (Fsp3) is 0.241. The summed E-state index contributed by atoms with van der Waals surface area (Å²) in [5.74, 6) is 0. The van der Waals surface area contributed by atoms with Crippen LogP contribution in [-0.4, -0.2) is 11.5 Å². The van der Waals surface area contributed by atoms with Crippen LogP contribution in [0, 0.1) is 24.0 Å². The van der Waals surface area contributed by atoms with Crippen molar-refractivity contribution in [1.29, 1.82) is 0 Å². The van der Waals surface area contributed by atoms with Gasteiger partial charge >= 0.3 is 0 Å². The van der Waals surface area contributed by atoms with Crippen LogP contribution in [0.4, 0.5) is 0 Å². The molecule has 0 N–H and O–H groups in total. The van der Waals surface area contributed by atoms with Gasteiger partial charge in [-0.25, -0.2) is 0 Å². The third kappa shape index (κ3) is 6.93. The number of nitrogens with zero attached hydrogens (tertiary/aromatic N) is 1. The van der Waals surface area contributed by atoms with Gasteiger partial charge in [0, 0.05) is 16.2 Å². The molecule has 0 atom stereocenters. The predicted molar refractivity (Wildman–Crippen MR) is 142 cm³/mol. The van der Waals surface area contributed by atoms with E-state index in [1.807, 2.05) is 13.0 Å². The summed E-state index contributed by atoms with van der Waals surface area (Å²) in [7, 11) is 0. The van der Waals surface area contributed by atoms with E-state index in [1.165, 1.54) is 38.3 Å². The average molecular weight is 458 g/mol. The van der Waals surface area contributed by atoms with Crippen molar-refractivity contribution >= 4 is 16.7 Å². The summed E-state index contributed by atoms with van der Waals surface area (Å²) in [5, 5.41) is 13.0. The van der Waals surface area contributed by atoms with E-state index >= 15 is 0 Å². The van der Waals surface area contributed by atoms with Gasteiger partial charge in [-0.2, -0.15) is 0 Å². The van der Waals surface area contributed by atoms with E-state index in [4.69, 9.17) is 0 Å². The standard InChI is InChI=1S/C29H31NO2S/c1-5-29(27-13-9-12-26(19-27)24-10-7-6-8-11-24)33-20-21(2)16-28-18-22(3)25(17-23(28)4)14-15-30(31)32/h5-13,17-20H,14-16H2,1-4H3/b21-20+,29-5-. The molecule has 0 aliphatic rings. The minimum atomic E-state index is -0.249. The van der Waals surface area contributed by atoms with E-state index in [0.29, 0.717) is 6.42 Å². The van der Waals surface area contributed by atoms with E-state index in [2.05, 4.69) is 92.9 Å². The molecule has 0 bridgehead atoms. The van der Waals surface area contributed by atoms with Crippen molar-refractivity contribution in [2.75, 3.05) is 6.54 Å². The Morgan fingerprint density at radius 1 is 0.939 bits per heavy atom. The molecule has 0 aromatic heterocycles. The second kappa shape index (κ2) is 11.7. The zero-order valence-electron chi connectivity index (χ0n) is 19.8. The van der Waals surface area contributed by atoms with Crippen LogP contribution in [0.2, 0.25) is 0 Å². The number of aryl methyl sites for hydroxylation is 2. The van der Waals surface area contributed by atoms with Crippen LogP contribution >= 0.6 is 11.8 Å². The lowest BCUT2D eigenvalue weighted by Gasteiger charge is -2.12. The molecule has 0 unspecified atom stereocenters. The van der Waals surface area contributed by atoms with Crippen LogP contribution < -0.4 is 0 Å². The first kappa shape index (κ1) is 24.5. The molecule has 0 heterocycles. The molecule has 4 heteroatoms. The fourth-order valence-electron chi connectivity index (χ4n) is 3.90. The van der Waals surface area contributed by atoms with Gasteiger partial charge in [0.1, 0.15) is 0 Å². The molecule has 0 radical (unpaired) electrons. The first-order chi connectivity index (χ1) is 15.9. The number of allylic oxidation sites excluding steroid dienone is 2. The highest BCUT2D eigenvalue weighted by Crippen LogP contribution is 2.32. The zero-order chi connectivity index (χ0) is 23.8. The smallest absolute Gasteiger partial charge is 0.207 e. The molecule has 33 heavy (non-hydrogen) atoms. The molecule has 0 aliphatic heterocycles. The van der Waals surface area contributed by atoms with Gasteiger partial charge in [0.15, 0.2) is 0 Å². The van der Waals surface area contributed by atoms with Gasteiger partial charge in [0.2, 0.25) is 6.54 Å². The Hall–Kier alpha value is -3.11. The molecule has 0 saturated carbocycles. The summed E-state index contributed by atoms with van der Waals surface area (Å²) in [6.45, 7) is 8.36. The van der Waals surface area contributed by atoms with E-state index < -0.39 is 0 Å². The number of nitro groups is 1. The Morgan fingerprint density at radius 3 is 2.30 bits per heavy atom. The first-order valence-electron chi connectivity index (χ1n) is 11.2. The number of rotatable bonds is 9. The van der Waals surface area contributed by atoms with E-state index in [1.54, 1.807) is 11.8 Å². The minimum absolute atomic E-state index is 0.0210. The monoisotopic (exact) mass is 457 g/mol. The van der Waals surface area contributed by atoms with Gasteiger partial charge in [-0.3, -0.25) is 10.1 Å². The third-order valence-electron chi connectivity index (χ3n) is 5.73. The maximum atomic E-state index is 10.7. The lowest BCUT2D eigenvalue weighted by Crippen LogP contribution is -2.06. The second-order valence-corrected chi connectivity index (χ2v) is 9.28. The van der Waals surface area contributed by atoms with E-state index in [0.717, 1.165) is 17.5 Å². The lowest BCUT2D eigenvalue weighted by atomic mass is 9.95. The Bertz CT molecular complexity index is 1180. The van der Waals surface area contributed by atoms with Crippen molar-refractivity contribution < 1.29 is 4.92 Å².